The molecule has 0 saturated heterocycles. The first-order chi connectivity index (χ1) is 8.29. The summed E-state index contributed by atoms with van der Waals surface area (Å²) in [7, 11) is 0. The van der Waals surface area contributed by atoms with E-state index < -0.39 is 11.7 Å². The van der Waals surface area contributed by atoms with Gasteiger partial charge in [0.15, 0.2) is 0 Å². The van der Waals surface area contributed by atoms with Gasteiger partial charge in [0.05, 0.1) is 16.6 Å². The summed E-state index contributed by atoms with van der Waals surface area (Å²) in [6, 6.07) is 3.72. The predicted molar refractivity (Wildman–Crippen MR) is 64.3 cm³/mol. The van der Waals surface area contributed by atoms with E-state index in [1.807, 2.05) is 11.5 Å². The molecule has 0 N–H and O–H groups in total. The number of imidazole rings is 1. The molecule has 1 heterocycles. The molecule has 0 aliphatic carbocycles. The third-order valence-electron chi connectivity index (χ3n) is 2.81. The largest absolute Gasteiger partial charge is 0.416 e. The molecule has 0 unspecified atom stereocenters. The van der Waals surface area contributed by atoms with E-state index in [-0.39, 0.29) is 0 Å². The molecule has 0 spiro atoms. The summed E-state index contributed by atoms with van der Waals surface area (Å²) in [5.41, 5.74) is 0.515. The number of benzene rings is 1. The highest BCUT2D eigenvalue weighted by Crippen LogP contribution is 2.31. The van der Waals surface area contributed by atoms with Crippen LogP contribution in [0.4, 0.5) is 13.2 Å². The molecule has 1 aromatic heterocycles. The molecule has 18 heavy (non-hydrogen) atoms. The van der Waals surface area contributed by atoms with Gasteiger partial charge in [0.1, 0.15) is 5.82 Å². The first kappa shape index (κ1) is 12.9. The fourth-order valence-corrected chi connectivity index (χ4v) is 2.02. The van der Waals surface area contributed by atoms with Gasteiger partial charge in [-0.05, 0) is 31.0 Å². The van der Waals surface area contributed by atoms with Gasteiger partial charge >= 0.3 is 6.18 Å². The molecule has 2 aromatic rings. The molecule has 0 aliphatic heterocycles. The minimum Gasteiger partial charge on any atom is -0.328 e. The van der Waals surface area contributed by atoms with Gasteiger partial charge in [0, 0.05) is 6.54 Å². The van der Waals surface area contributed by atoms with Crippen molar-refractivity contribution < 1.29 is 13.2 Å². The first-order valence-electron chi connectivity index (χ1n) is 5.83. The number of alkyl halides is 3. The maximum atomic E-state index is 12.6. The van der Waals surface area contributed by atoms with Crippen LogP contribution in [0.3, 0.4) is 0 Å². The number of aryl methyl sites for hydroxylation is 1. The van der Waals surface area contributed by atoms with E-state index >= 15 is 0 Å². The van der Waals surface area contributed by atoms with Gasteiger partial charge in [-0.25, -0.2) is 4.98 Å². The lowest BCUT2D eigenvalue weighted by molar-refractivity contribution is -0.137. The number of fused-ring (bicyclic) bond motifs is 1. The smallest absolute Gasteiger partial charge is 0.328 e. The van der Waals surface area contributed by atoms with Crippen molar-refractivity contribution in [2.24, 2.45) is 5.92 Å². The second-order valence-corrected chi connectivity index (χ2v) is 4.86. The lowest BCUT2D eigenvalue weighted by Crippen LogP contribution is -2.07. The molecule has 0 aliphatic rings. The number of halogens is 3. The molecule has 5 heteroatoms. The van der Waals surface area contributed by atoms with Gasteiger partial charge in [-0.3, -0.25) is 0 Å². The Morgan fingerprint density at radius 2 is 1.94 bits per heavy atom. The van der Waals surface area contributed by atoms with Crippen LogP contribution in [-0.2, 0) is 12.7 Å². The highest BCUT2D eigenvalue weighted by atomic mass is 19.4. The van der Waals surface area contributed by atoms with Gasteiger partial charge < -0.3 is 4.57 Å². The van der Waals surface area contributed by atoms with Crippen LogP contribution in [0.15, 0.2) is 18.2 Å². The fourth-order valence-electron chi connectivity index (χ4n) is 2.02. The molecule has 1 aromatic carbocycles. The second kappa shape index (κ2) is 4.30. The van der Waals surface area contributed by atoms with E-state index in [9.17, 15) is 13.2 Å². The van der Waals surface area contributed by atoms with Crippen molar-refractivity contribution in [1.82, 2.24) is 9.55 Å². The predicted octanol–water partition coefficient (Wildman–Crippen LogP) is 4.02. The van der Waals surface area contributed by atoms with E-state index in [2.05, 4.69) is 18.8 Å². The third-order valence-corrected chi connectivity index (χ3v) is 2.81. The molecule has 98 valence electrons. The molecule has 2 nitrogen and oxygen atoms in total. The third kappa shape index (κ3) is 2.35. The van der Waals surface area contributed by atoms with Crippen LogP contribution in [0.2, 0.25) is 0 Å². The number of nitrogens with zero attached hydrogens (tertiary/aromatic N) is 2. The summed E-state index contributed by atoms with van der Waals surface area (Å²) < 4.78 is 39.8. The van der Waals surface area contributed by atoms with Crippen LogP contribution in [0.5, 0.6) is 0 Å². The zero-order valence-electron chi connectivity index (χ0n) is 10.5. The summed E-state index contributed by atoms with van der Waals surface area (Å²) in [6.45, 7) is 6.70. The SMILES string of the molecule is Cc1nc2cc(C(F)(F)F)ccc2n1CC(C)C. The van der Waals surface area contributed by atoms with Crippen LogP contribution in [-0.4, -0.2) is 9.55 Å². The van der Waals surface area contributed by atoms with Crippen LogP contribution in [0.1, 0.15) is 25.2 Å². The lowest BCUT2D eigenvalue weighted by Gasteiger charge is -2.10. The normalized spacial score (nSPS) is 12.6. The van der Waals surface area contributed by atoms with E-state index in [1.54, 1.807) is 0 Å². The van der Waals surface area contributed by atoms with Crippen molar-refractivity contribution in [3.05, 3.63) is 29.6 Å². The molecule has 0 bridgehead atoms. The number of hydrogen-bond donors (Lipinski definition) is 0. The van der Waals surface area contributed by atoms with Crippen molar-refractivity contribution >= 4 is 11.0 Å². The Morgan fingerprint density at radius 3 is 2.50 bits per heavy atom. The average molecular weight is 256 g/mol. The summed E-state index contributed by atoms with van der Waals surface area (Å²) >= 11 is 0. The van der Waals surface area contributed by atoms with Gasteiger partial charge in [0.25, 0.3) is 0 Å². The van der Waals surface area contributed by atoms with E-state index in [4.69, 9.17) is 0 Å². The minimum absolute atomic E-state index is 0.406. The second-order valence-electron chi connectivity index (χ2n) is 4.86. The maximum Gasteiger partial charge on any atom is 0.416 e. The minimum atomic E-state index is -4.32. The Morgan fingerprint density at radius 1 is 1.28 bits per heavy atom. The fraction of sp³-hybridized carbons (Fsp3) is 0.462. The maximum absolute atomic E-state index is 12.6. The van der Waals surface area contributed by atoms with E-state index in [0.29, 0.717) is 11.4 Å². The number of rotatable bonds is 2. The standard InChI is InChI=1S/C13H15F3N2/c1-8(2)7-18-9(3)17-11-6-10(13(14,15)16)4-5-12(11)18/h4-6,8H,7H2,1-3H3. The topological polar surface area (TPSA) is 17.8 Å². The highest BCUT2D eigenvalue weighted by Gasteiger charge is 2.31. The summed E-state index contributed by atoms with van der Waals surface area (Å²) in [4.78, 5) is 4.20. The average Bonchev–Trinajstić information content (AvgIpc) is 2.53. The molecule has 0 radical (unpaired) electrons. The summed E-state index contributed by atoms with van der Waals surface area (Å²) in [6.07, 6.45) is -4.32. The molecule has 0 atom stereocenters. The van der Waals surface area contributed by atoms with Crippen LogP contribution >= 0.6 is 0 Å². The zero-order chi connectivity index (χ0) is 13.5. The van der Waals surface area contributed by atoms with Crippen molar-refractivity contribution in [3.8, 4) is 0 Å². The number of aromatic nitrogens is 2. The Labute approximate surface area is 103 Å². The molecule has 0 fully saturated rings. The van der Waals surface area contributed by atoms with Crippen LogP contribution in [0, 0.1) is 12.8 Å². The molecule has 0 saturated carbocycles. The number of hydrogen-bond acceptors (Lipinski definition) is 1. The molecule has 0 amide bonds. The first-order valence-corrected chi connectivity index (χ1v) is 5.83. The molecule has 2 rings (SSSR count). The van der Waals surface area contributed by atoms with Crippen molar-refractivity contribution in [2.75, 3.05) is 0 Å². The van der Waals surface area contributed by atoms with Crippen molar-refractivity contribution in [3.63, 3.8) is 0 Å². The lowest BCUT2D eigenvalue weighted by atomic mass is 10.2. The van der Waals surface area contributed by atoms with Crippen LogP contribution < -0.4 is 0 Å². The van der Waals surface area contributed by atoms with Gasteiger partial charge in [-0.1, -0.05) is 13.8 Å². The Balaban J connectivity index is 2.54. The Kier molecular flexibility index (Phi) is 3.09. The molecular formula is C13H15F3N2. The van der Waals surface area contributed by atoms with Crippen molar-refractivity contribution in [1.29, 1.82) is 0 Å². The van der Waals surface area contributed by atoms with E-state index in [1.165, 1.54) is 6.07 Å². The Hall–Kier alpha value is -1.52. The van der Waals surface area contributed by atoms with Gasteiger partial charge in [-0.2, -0.15) is 13.2 Å². The van der Waals surface area contributed by atoms with Crippen LogP contribution in [0.25, 0.3) is 11.0 Å². The van der Waals surface area contributed by atoms with E-state index in [0.717, 1.165) is 30.0 Å². The highest BCUT2D eigenvalue weighted by molar-refractivity contribution is 5.77. The van der Waals surface area contributed by atoms with Gasteiger partial charge in [0.2, 0.25) is 0 Å². The summed E-state index contributed by atoms with van der Waals surface area (Å²) in [5.74, 6) is 1.17. The zero-order valence-corrected chi connectivity index (χ0v) is 10.5. The summed E-state index contributed by atoms with van der Waals surface area (Å²) in [5, 5.41) is 0. The monoisotopic (exact) mass is 256 g/mol. The van der Waals surface area contributed by atoms with Gasteiger partial charge in [-0.15, -0.1) is 0 Å². The Bertz CT molecular complexity index is 567. The molecular weight excluding hydrogens is 241 g/mol. The quantitative estimate of drug-likeness (QED) is 0.793. The van der Waals surface area contributed by atoms with Crippen molar-refractivity contribution in [2.45, 2.75) is 33.5 Å².